The van der Waals surface area contributed by atoms with Gasteiger partial charge >= 0.3 is 5.97 Å². The maximum Gasteiger partial charge on any atom is 0.314 e. The molecule has 28 heavy (non-hydrogen) atoms. The van der Waals surface area contributed by atoms with E-state index in [1.165, 1.54) is 18.4 Å². The number of rotatable bonds is 9. The number of carbonyl (C=O) groups excluding carboxylic acids is 1. The minimum atomic E-state index is -0.222. The number of carbonyl (C=O) groups is 1. The third-order valence-corrected chi connectivity index (χ3v) is 5.55. The van der Waals surface area contributed by atoms with Crippen LogP contribution >= 0.6 is 0 Å². The molecule has 1 aromatic carbocycles. The predicted molar refractivity (Wildman–Crippen MR) is 105 cm³/mol. The average Bonchev–Trinajstić information content (AvgIpc) is 3.54. The quantitative estimate of drug-likeness (QED) is 0.397. The Morgan fingerprint density at radius 3 is 2.79 bits per heavy atom. The Kier molecular flexibility index (Phi) is 5.27. The number of hydrogen-bond donors (Lipinski definition) is 1. The molecule has 2 saturated carbocycles. The summed E-state index contributed by atoms with van der Waals surface area (Å²) in [6, 6.07) is 12.1. The molecule has 0 aliphatic heterocycles. The van der Waals surface area contributed by atoms with Gasteiger partial charge in [-0.25, -0.2) is 0 Å². The fourth-order valence-electron chi connectivity index (χ4n) is 3.46. The van der Waals surface area contributed by atoms with Crippen molar-refractivity contribution in [3.63, 3.8) is 0 Å². The smallest absolute Gasteiger partial charge is 0.314 e. The summed E-state index contributed by atoms with van der Waals surface area (Å²) in [5, 5.41) is 0. The molecule has 1 aromatic heterocycles. The maximum absolute atomic E-state index is 12.5. The molecule has 2 fully saturated rings. The first-order chi connectivity index (χ1) is 13.5. The first-order valence-corrected chi connectivity index (χ1v) is 9.89. The van der Waals surface area contributed by atoms with E-state index in [2.05, 4.69) is 17.6 Å². The zero-order chi connectivity index (χ0) is 19.6. The van der Waals surface area contributed by atoms with E-state index in [0.29, 0.717) is 5.92 Å². The molecule has 0 radical (unpaired) electrons. The van der Waals surface area contributed by atoms with Crippen LogP contribution in [-0.4, -0.2) is 12.6 Å². The Labute approximate surface area is 165 Å². The highest BCUT2D eigenvalue weighted by Gasteiger charge is 2.58. The number of hydrogen-bond acceptors (Lipinski definition) is 5. The largest absolute Gasteiger partial charge is 0.469 e. The van der Waals surface area contributed by atoms with Crippen LogP contribution in [0.5, 0.6) is 0 Å². The zero-order valence-electron chi connectivity index (χ0n) is 16.4. The number of nitrogens with one attached hydrogen (secondary N) is 1. The minimum absolute atomic E-state index is 0.193. The fourth-order valence-corrected chi connectivity index (χ4v) is 3.46. The van der Waals surface area contributed by atoms with E-state index >= 15 is 0 Å². The van der Waals surface area contributed by atoms with Crippen LogP contribution in [0.1, 0.15) is 43.6 Å². The molecule has 5 nitrogen and oxygen atoms in total. The molecule has 1 heterocycles. The van der Waals surface area contributed by atoms with Gasteiger partial charge in [0.25, 0.3) is 0 Å². The molecule has 5 heteroatoms. The van der Waals surface area contributed by atoms with Gasteiger partial charge in [0.1, 0.15) is 12.4 Å². The van der Waals surface area contributed by atoms with Crippen LogP contribution in [0.4, 0.5) is 0 Å². The van der Waals surface area contributed by atoms with Crippen LogP contribution in [0.3, 0.4) is 0 Å². The lowest BCUT2D eigenvalue weighted by Gasteiger charge is -2.03. The minimum Gasteiger partial charge on any atom is -0.469 e. The van der Waals surface area contributed by atoms with Gasteiger partial charge < -0.3 is 9.15 Å². The van der Waals surface area contributed by atoms with Gasteiger partial charge in [-0.15, -0.1) is 0 Å². The second kappa shape index (κ2) is 7.84. The lowest BCUT2D eigenvalue weighted by molar-refractivity contribution is -0.147. The summed E-state index contributed by atoms with van der Waals surface area (Å²) in [6.07, 6.45) is 6.70. The third kappa shape index (κ3) is 4.47. The highest BCUT2D eigenvalue weighted by Crippen LogP contribution is 2.58. The lowest BCUT2D eigenvalue weighted by atomic mass is 10.1. The number of furan rings is 1. The van der Waals surface area contributed by atoms with E-state index in [1.54, 1.807) is 6.26 Å². The Balaban J connectivity index is 1.25. The van der Waals surface area contributed by atoms with Crippen molar-refractivity contribution in [3.8, 4) is 0 Å². The highest BCUT2D eigenvalue weighted by molar-refractivity contribution is 5.83. The molecule has 0 amide bonds. The Morgan fingerprint density at radius 1 is 1.25 bits per heavy atom. The summed E-state index contributed by atoms with van der Waals surface area (Å²) in [5.74, 6) is 1.13. The molecule has 0 bridgehead atoms. The second-order valence-electron chi connectivity index (χ2n) is 8.32. The van der Waals surface area contributed by atoms with Gasteiger partial charge in [0.2, 0.25) is 0 Å². The monoisotopic (exact) mass is 381 g/mol. The van der Waals surface area contributed by atoms with Gasteiger partial charge in [-0.2, -0.15) is 0 Å². The van der Waals surface area contributed by atoms with E-state index in [-0.39, 0.29) is 23.9 Å². The van der Waals surface area contributed by atoms with Crippen LogP contribution in [-0.2, 0) is 27.4 Å². The first kappa shape index (κ1) is 18.8. The van der Waals surface area contributed by atoms with Gasteiger partial charge in [0.05, 0.1) is 18.8 Å². The third-order valence-electron chi connectivity index (χ3n) is 5.55. The van der Waals surface area contributed by atoms with Crippen molar-refractivity contribution in [1.82, 2.24) is 5.48 Å². The predicted octanol–water partition coefficient (Wildman–Crippen LogP) is 4.38. The Morgan fingerprint density at radius 2 is 2.04 bits per heavy atom. The van der Waals surface area contributed by atoms with E-state index in [9.17, 15) is 4.79 Å². The summed E-state index contributed by atoms with van der Waals surface area (Å²) < 4.78 is 11.1. The van der Waals surface area contributed by atoms with Crippen LogP contribution in [0.2, 0.25) is 0 Å². The first-order valence-electron chi connectivity index (χ1n) is 9.89. The van der Waals surface area contributed by atoms with Crippen molar-refractivity contribution in [2.45, 2.75) is 39.7 Å². The van der Waals surface area contributed by atoms with Crippen molar-refractivity contribution >= 4 is 5.97 Å². The van der Waals surface area contributed by atoms with Crippen LogP contribution in [0.15, 0.2) is 58.9 Å². The van der Waals surface area contributed by atoms with E-state index in [1.807, 2.05) is 44.3 Å². The van der Waals surface area contributed by atoms with Crippen molar-refractivity contribution in [2.24, 2.45) is 17.3 Å². The van der Waals surface area contributed by atoms with Crippen molar-refractivity contribution in [1.29, 1.82) is 0 Å². The topological polar surface area (TPSA) is 60.7 Å². The van der Waals surface area contributed by atoms with Crippen LogP contribution in [0.25, 0.3) is 0 Å². The number of ether oxygens (including phenoxy) is 1. The van der Waals surface area contributed by atoms with Gasteiger partial charge in [0.15, 0.2) is 0 Å². The van der Waals surface area contributed by atoms with E-state index in [4.69, 9.17) is 14.0 Å². The SMILES string of the molecule is CC1(C)C(=CNOCC2CC2)[C@H]1C(=O)OCc1coc(Cc2ccccc2)c1. The number of hydroxylamine groups is 1. The summed E-state index contributed by atoms with van der Waals surface area (Å²) >= 11 is 0. The van der Waals surface area contributed by atoms with Gasteiger partial charge in [0, 0.05) is 23.6 Å². The molecular weight excluding hydrogens is 354 g/mol. The molecule has 0 spiro atoms. The summed E-state index contributed by atoms with van der Waals surface area (Å²) in [4.78, 5) is 17.9. The molecule has 2 aliphatic carbocycles. The lowest BCUT2D eigenvalue weighted by Crippen LogP contribution is -2.10. The molecule has 148 valence electrons. The Bertz CT molecular complexity index is 848. The molecule has 0 unspecified atom stereocenters. The van der Waals surface area contributed by atoms with Gasteiger partial charge in [-0.3, -0.25) is 15.1 Å². The van der Waals surface area contributed by atoms with Crippen LogP contribution in [0, 0.1) is 17.3 Å². The normalized spacial score (nSPS) is 21.5. The summed E-state index contributed by atoms with van der Waals surface area (Å²) in [5.41, 5.74) is 5.76. The summed E-state index contributed by atoms with van der Waals surface area (Å²) in [7, 11) is 0. The van der Waals surface area contributed by atoms with Gasteiger partial charge in [-0.1, -0.05) is 44.2 Å². The van der Waals surface area contributed by atoms with Gasteiger partial charge in [-0.05, 0) is 36.0 Å². The molecule has 1 N–H and O–H groups in total. The Hall–Kier alpha value is -2.53. The van der Waals surface area contributed by atoms with Crippen molar-refractivity contribution < 1.29 is 18.8 Å². The number of benzene rings is 1. The fraction of sp³-hybridized carbons (Fsp3) is 0.435. The number of esters is 1. The molecule has 1 atom stereocenters. The van der Waals surface area contributed by atoms with E-state index in [0.717, 1.165) is 29.9 Å². The molecule has 2 aliphatic rings. The standard InChI is InChI=1S/C23H27NO4/c1-23(2)20(12-24-28-15-17-8-9-17)21(23)22(25)27-14-18-11-19(26-13-18)10-16-6-4-3-5-7-16/h3-7,11-13,17,21,24H,8-10,14-15H2,1-2H3/t21-/m0/s1. The second-order valence-corrected chi connectivity index (χ2v) is 8.32. The summed E-state index contributed by atoms with van der Waals surface area (Å²) in [6.45, 7) is 5.04. The van der Waals surface area contributed by atoms with Crippen molar-refractivity contribution in [3.05, 3.63) is 71.3 Å². The molecule has 0 saturated heterocycles. The van der Waals surface area contributed by atoms with E-state index < -0.39 is 0 Å². The zero-order valence-corrected chi connectivity index (χ0v) is 16.4. The highest BCUT2D eigenvalue weighted by atomic mass is 16.6. The van der Waals surface area contributed by atoms with Crippen LogP contribution < -0.4 is 5.48 Å². The average molecular weight is 381 g/mol. The van der Waals surface area contributed by atoms with Crippen molar-refractivity contribution in [2.75, 3.05) is 6.61 Å². The molecule has 4 rings (SSSR count). The molecule has 2 aromatic rings. The molecular formula is C23H27NO4. The maximum atomic E-state index is 12.5.